The number of likely N-dealkylation sites (N-methyl/N-ethyl adjacent to an activating group) is 1. The second-order valence-electron chi connectivity index (χ2n) is 8.03. The first-order chi connectivity index (χ1) is 13.6. The second-order valence-corrected chi connectivity index (χ2v) is 8.03. The molecule has 1 N–H and O–H groups in total. The summed E-state index contributed by atoms with van der Waals surface area (Å²) in [4.78, 5) is 19.2. The minimum Gasteiger partial charge on any atom is -0.473 e. The highest BCUT2D eigenvalue weighted by molar-refractivity contribution is 5.44. The van der Waals surface area contributed by atoms with Crippen molar-refractivity contribution < 1.29 is 9.57 Å². The highest BCUT2D eigenvalue weighted by atomic mass is 16.7. The average molecular weight is 383 g/mol. The third-order valence-corrected chi connectivity index (χ3v) is 5.32. The predicted octanol–water partition coefficient (Wildman–Crippen LogP) is 2.92. The Balaban J connectivity index is 1.19. The number of ether oxygens (including phenoxy) is 1. The molecule has 2 aliphatic heterocycles. The Labute approximate surface area is 166 Å². The van der Waals surface area contributed by atoms with Gasteiger partial charge in [0.15, 0.2) is 0 Å². The summed E-state index contributed by atoms with van der Waals surface area (Å²) >= 11 is 0. The number of nitrogens with one attached hydrogen (secondary N) is 1. The van der Waals surface area contributed by atoms with Crippen molar-refractivity contribution in [3.8, 4) is 5.88 Å². The Morgan fingerprint density at radius 2 is 1.89 bits per heavy atom. The van der Waals surface area contributed by atoms with Crippen LogP contribution >= 0.6 is 0 Å². The van der Waals surface area contributed by atoms with Crippen LogP contribution in [0.2, 0.25) is 0 Å². The zero-order valence-electron chi connectivity index (χ0n) is 16.8. The maximum atomic E-state index is 5.91. The van der Waals surface area contributed by atoms with Crippen LogP contribution in [0.15, 0.2) is 36.7 Å². The van der Waals surface area contributed by atoms with Gasteiger partial charge in [-0.3, -0.25) is 10.3 Å². The van der Waals surface area contributed by atoms with E-state index in [0.717, 1.165) is 44.1 Å². The van der Waals surface area contributed by atoms with Crippen LogP contribution in [0.4, 0.5) is 11.5 Å². The van der Waals surface area contributed by atoms with Gasteiger partial charge in [-0.15, -0.1) is 0 Å². The third kappa shape index (κ3) is 4.54. The molecule has 2 fully saturated rings. The van der Waals surface area contributed by atoms with Crippen LogP contribution in [0.25, 0.3) is 0 Å². The van der Waals surface area contributed by atoms with Crippen molar-refractivity contribution in [2.24, 2.45) is 0 Å². The van der Waals surface area contributed by atoms with E-state index in [1.807, 2.05) is 18.3 Å². The van der Waals surface area contributed by atoms with Crippen molar-refractivity contribution in [2.75, 3.05) is 43.6 Å². The molecule has 2 aliphatic rings. The number of aromatic nitrogens is 2. The molecule has 4 rings (SSSR count). The third-order valence-electron chi connectivity index (χ3n) is 5.32. The van der Waals surface area contributed by atoms with Crippen LogP contribution in [0.1, 0.15) is 31.7 Å². The molecule has 1 atom stereocenters. The van der Waals surface area contributed by atoms with Crippen LogP contribution in [0, 0.1) is 0 Å². The molecule has 0 amide bonds. The largest absolute Gasteiger partial charge is 0.473 e. The number of pyridine rings is 2. The summed E-state index contributed by atoms with van der Waals surface area (Å²) in [6, 6.07) is 8.06. The molecule has 150 valence electrons. The van der Waals surface area contributed by atoms with Crippen LogP contribution in [-0.2, 0) is 4.84 Å². The Morgan fingerprint density at radius 3 is 2.50 bits per heavy atom. The molecule has 0 aromatic carbocycles. The maximum absolute atomic E-state index is 5.91. The van der Waals surface area contributed by atoms with Gasteiger partial charge in [-0.2, -0.15) is 0 Å². The predicted molar refractivity (Wildman–Crippen MR) is 110 cm³/mol. The van der Waals surface area contributed by atoms with Gasteiger partial charge in [-0.25, -0.2) is 9.97 Å². The summed E-state index contributed by atoms with van der Waals surface area (Å²) < 4.78 is 5.91. The van der Waals surface area contributed by atoms with Crippen LogP contribution in [-0.4, -0.2) is 60.3 Å². The number of anilines is 2. The lowest BCUT2D eigenvalue weighted by atomic mass is 10.1. The molecule has 2 aromatic rings. The van der Waals surface area contributed by atoms with Crippen molar-refractivity contribution in [3.05, 3.63) is 42.2 Å². The normalized spacial score (nSPS) is 20.4. The van der Waals surface area contributed by atoms with Gasteiger partial charge in [-0.1, -0.05) is 19.9 Å². The number of likely N-dealkylation sites (tertiary alicyclic amines) is 1. The summed E-state index contributed by atoms with van der Waals surface area (Å²) in [5, 5.41) is 0. The molecule has 2 saturated heterocycles. The first-order valence-corrected chi connectivity index (χ1v) is 10.0. The molecule has 4 heterocycles. The molecule has 0 bridgehead atoms. The Hall–Kier alpha value is -2.38. The molecule has 0 saturated carbocycles. The van der Waals surface area contributed by atoms with Crippen LogP contribution in [0.5, 0.6) is 5.88 Å². The van der Waals surface area contributed by atoms with E-state index in [1.165, 1.54) is 5.56 Å². The average Bonchev–Trinajstić information content (AvgIpc) is 3.07. The number of hydrogen-bond donors (Lipinski definition) is 1. The first kappa shape index (κ1) is 19.0. The van der Waals surface area contributed by atoms with Crippen LogP contribution < -0.4 is 15.1 Å². The topological polar surface area (TPSA) is 62.8 Å². The van der Waals surface area contributed by atoms with Gasteiger partial charge in [0, 0.05) is 25.4 Å². The summed E-state index contributed by atoms with van der Waals surface area (Å²) in [6.07, 6.45) is 5.13. The maximum Gasteiger partial charge on any atom is 0.213 e. The zero-order valence-corrected chi connectivity index (χ0v) is 16.8. The molecule has 28 heavy (non-hydrogen) atoms. The minimum absolute atomic E-state index is 0.136. The van der Waals surface area contributed by atoms with Gasteiger partial charge < -0.3 is 14.5 Å². The standard InChI is InChI=1S/C21H29N5O2/c1-15(2)16-4-6-20(22-10-16)26-13-19(14-26)28-24-17-5-7-21(23-11-17)27-18-8-9-25(3)12-18/h4-7,10-11,15,18-19,24H,8-9,12-14H2,1-3H3/t18-/m1/s1. The number of nitrogens with zero attached hydrogens (tertiary/aromatic N) is 4. The molecular weight excluding hydrogens is 354 g/mol. The van der Waals surface area contributed by atoms with Crippen molar-refractivity contribution in [2.45, 2.75) is 38.4 Å². The number of hydrogen-bond acceptors (Lipinski definition) is 7. The smallest absolute Gasteiger partial charge is 0.213 e. The SMILES string of the molecule is CC(C)c1ccc(N2CC(ONc3ccc(O[C@@H]4CCN(C)C4)nc3)C2)nc1. The van der Waals surface area contributed by atoms with E-state index in [9.17, 15) is 0 Å². The minimum atomic E-state index is 0.136. The molecule has 2 aromatic heterocycles. The Morgan fingerprint density at radius 1 is 1.04 bits per heavy atom. The van der Waals surface area contributed by atoms with E-state index < -0.39 is 0 Å². The second kappa shape index (κ2) is 8.32. The molecule has 0 unspecified atom stereocenters. The summed E-state index contributed by atoms with van der Waals surface area (Å²) in [5.41, 5.74) is 5.09. The van der Waals surface area contributed by atoms with Gasteiger partial charge in [-0.05, 0) is 37.1 Å². The fraction of sp³-hybridized carbons (Fsp3) is 0.524. The quantitative estimate of drug-likeness (QED) is 0.738. The van der Waals surface area contributed by atoms with Crippen LogP contribution in [0.3, 0.4) is 0 Å². The van der Waals surface area contributed by atoms with E-state index in [4.69, 9.17) is 9.57 Å². The molecular formula is C21H29N5O2. The fourth-order valence-corrected chi connectivity index (χ4v) is 3.45. The molecule has 7 heteroatoms. The highest BCUT2D eigenvalue weighted by Crippen LogP contribution is 2.23. The van der Waals surface area contributed by atoms with E-state index in [-0.39, 0.29) is 12.2 Å². The molecule has 0 aliphatic carbocycles. The van der Waals surface area contributed by atoms with E-state index in [1.54, 1.807) is 6.20 Å². The molecule has 0 spiro atoms. The van der Waals surface area contributed by atoms with Gasteiger partial charge >= 0.3 is 0 Å². The van der Waals surface area contributed by atoms with E-state index in [0.29, 0.717) is 11.8 Å². The van der Waals surface area contributed by atoms with Crippen molar-refractivity contribution in [3.63, 3.8) is 0 Å². The Kier molecular flexibility index (Phi) is 5.64. The summed E-state index contributed by atoms with van der Waals surface area (Å²) in [7, 11) is 2.11. The summed E-state index contributed by atoms with van der Waals surface area (Å²) in [6.45, 7) is 8.04. The van der Waals surface area contributed by atoms with Gasteiger partial charge in [0.1, 0.15) is 18.0 Å². The van der Waals surface area contributed by atoms with Gasteiger partial charge in [0.05, 0.1) is 25.0 Å². The van der Waals surface area contributed by atoms with Crippen molar-refractivity contribution >= 4 is 11.5 Å². The van der Waals surface area contributed by atoms with Gasteiger partial charge in [0.2, 0.25) is 5.88 Å². The van der Waals surface area contributed by atoms with Gasteiger partial charge in [0.25, 0.3) is 0 Å². The monoisotopic (exact) mass is 383 g/mol. The molecule has 7 nitrogen and oxygen atoms in total. The fourth-order valence-electron chi connectivity index (χ4n) is 3.45. The van der Waals surface area contributed by atoms with Crippen molar-refractivity contribution in [1.82, 2.24) is 14.9 Å². The Bertz CT molecular complexity index is 759. The number of rotatable bonds is 7. The van der Waals surface area contributed by atoms with E-state index in [2.05, 4.69) is 58.3 Å². The summed E-state index contributed by atoms with van der Waals surface area (Å²) in [5.74, 6) is 2.17. The zero-order chi connectivity index (χ0) is 19.5. The lowest BCUT2D eigenvalue weighted by Crippen LogP contribution is -2.53. The molecule has 0 radical (unpaired) electrons. The highest BCUT2D eigenvalue weighted by Gasteiger charge is 2.29. The lowest BCUT2D eigenvalue weighted by molar-refractivity contribution is 0.0756. The first-order valence-electron chi connectivity index (χ1n) is 10.0. The van der Waals surface area contributed by atoms with Crippen molar-refractivity contribution in [1.29, 1.82) is 0 Å². The lowest BCUT2D eigenvalue weighted by Gasteiger charge is -2.39. The van der Waals surface area contributed by atoms with E-state index >= 15 is 0 Å².